The van der Waals surface area contributed by atoms with Gasteiger partial charge in [-0.25, -0.2) is 4.39 Å². The summed E-state index contributed by atoms with van der Waals surface area (Å²) in [6.45, 7) is 4.28. The van der Waals surface area contributed by atoms with Crippen LogP contribution in [-0.2, 0) is 9.53 Å². The van der Waals surface area contributed by atoms with Gasteiger partial charge >= 0.3 is 5.97 Å². The molecule has 5 heteroatoms. The number of nitrogens with zero attached hydrogens (tertiary/aromatic N) is 1. The summed E-state index contributed by atoms with van der Waals surface area (Å²) in [6.07, 6.45) is 9.02. The number of halogens is 1. The van der Waals surface area contributed by atoms with Crippen LogP contribution in [0.3, 0.4) is 0 Å². The zero-order chi connectivity index (χ0) is 22.7. The molecule has 2 aliphatic rings. The van der Waals surface area contributed by atoms with Crippen molar-refractivity contribution < 1.29 is 19.0 Å². The maximum Gasteiger partial charge on any atom is 0.309 e. The van der Waals surface area contributed by atoms with E-state index in [9.17, 15) is 14.3 Å². The number of pyridine rings is 1. The number of aromatic nitrogens is 1. The Morgan fingerprint density at radius 2 is 1.88 bits per heavy atom. The standard InChI is InChI=1S/C27H32FNO3/c1-17(2)25-16-24(18-8-10-20(28)11-9-18)23(27(29-25)19-6-4-3-5-7-19)13-12-22-14-21(30)15-26(31)32-22/h8-13,16-17,19,21-22,30H,3-7,14-15H2,1-2H3/b13-12+/t21-,22-/m1/s1. The second-order valence-electron chi connectivity index (χ2n) is 9.37. The van der Waals surface area contributed by atoms with Crippen LogP contribution in [0.25, 0.3) is 17.2 Å². The Bertz CT molecular complexity index is 977. The number of aliphatic hydroxyl groups is 1. The van der Waals surface area contributed by atoms with Crippen molar-refractivity contribution in [1.82, 2.24) is 4.98 Å². The Balaban J connectivity index is 1.82. The van der Waals surface area contributed by atoms with Crippen molar-refractivity contribution in [2.24, 2.45) is 0 Å². The van der Waals surface area contributed by atoms with Gasteiger partial charge in [-0.15, -0.1) is 0 Å². The van der Waals surface area contributed by atoms with E-state index in [1.165, 1.54) is 31.4 Å². The molecule has 2 heterocycles. The summed E-state index contributed by atoms with van der Waals surface area (Å²) >= 11 is 0. The van der Waals surface area contributed by atoms with Gasteiger partial charge in [-0.3, -0.25) is 9.78 Å². The van der Waals surface area contributed by atoms with Crippen LogP contribution in [0.15, 0.2) is 36.4 Å². The minimum atomic E-state index is -0.679. The first-order valence-electron chi connectivity index (χ1n) is 11.8. The van der Waals surface area contributed by atoms with Gasteiger partial charge in [-0.2, -0.15) is 0 Å². The maximum absolute atomic E-state index is 13.6. The van der Waals surface area contributed by atoms with E-state index in [0.29, 0.717) is 12.3 Å². The van der Waals surface area contributed by atoms with E-state index in [2.05, 4.69) is 19.9 Å². The molecule has 1 aliphatic carbocycles. The Morgan fingerprint density at radius 3 is 2.53 bits per heavy atom. The fraction of sp³-hybridized carbons (Fsp3) is 0.481. The SMILES string of the molecule is CC(C)c1cc(-c2ccc(F)cc2)c(/C=C/[C@@H]2C[C@@H](O)CC(=O)O2)c(C2CCCCC2)n1. The van der Waals surface area contributed by atoms with Crippen molar-refractivity contribution in [2.45, 2.75) is 82.8 Å². The van der Waals surface area contributed by atoms with Crippen molar-refractivity contribution in [2.75, 3.05) is 0 Å². The lowest BCUT2D eigenvalue weighted by Gasteiger charge is -2.26. The number of rotatable bonds is 5. The molecular formula is C27H32FNO3. The lowest BCUT2D eigenvalue weighted by atomic mass is 9.82. The molecule has 1 saturated heterocycles. The van der Waals surface area contributed by atoms with E-state index >= 15 is 0 Å². The first-order chi connectivity index (χ1) is 15.4. The minimum absolute atomic E-state index is 0.0448. The summed E-state index contributed by atoms with van der Waals surface area (Å²) in [7, 11) is 0. The number of benzene rings is 1. The zero-order valence-electron chi connectivity index (χ0n) is 18.9. The number of hydrogen-bond acceptors (Lipinski definition) is 4. The molecule has 2 fully saturated rings. The normalized spacial score (nSPS) is 22.5. The van der Waals surface area contributed by atoms with Crippen LogP contribution in [0.5, 0.6) is 0 Å². The molecule has 2 aromatic rings. The summed E-state index contributed by atoms with van der Waals surface area (Å²) in [5.74, 6) is 0.00217. The molecule has 1 N–H and O–H groups in total. The summed E-state index contributed by atoms with van der Waals surface area (Å²) in [4.78, 5) is 16.9. The van der Waals surface area contributed by atoms with Crippen molar-refractivity contribution >= 4 is 12.0 Å². The average Bonchev–Trinajstić information content (AvgIpc) is 2.77. The predicted octanol–water partition coefficient (Wildman–Crippen LogP) is 6.14. The molecule has 0 bridgehead atoms. The fourth-order valence-electron chi connectivity index (χ4n) is 4.75. The summed E-state index contributed by atoms with van der Waals surface area (Å²) in [5, 5.41) is 9.98. The third-order valence-electron chi connectivity index (χ3n) is 6.51. The van der Waals surface area contributed by atoms with Gasteiger partial charge < -0.3 is 9.84 Å². The van der Waals surface area contributed by atoms with E-state index in [0.717, 1.165) is 40.9 Å². The monoisotopic (exact) mass is 437 g/mol. The van der Waals surface area contributed by atoms with Gasteiger partial charge in [0, 0.05) is 23.6 Å². The molecule has 0 amide bonds. The molecule has 0 spiro atoms. The Hall–Kier alpha value is -2.53. The van der Waals surface area contributed by atoms with Crippen LogP contribution in [0, 0.1) is 5.82 Å². The Kier molecular flexibility index (Phi) is 7.04. The van der Waals surface area contributed by atoms with E-state index in [4.69, 9.17) is 9.72 Å². The number of aliphatic hydroxyl groups excluding tert-OH is 1. The van der Waals surface area contributed by atoms with E-state index in [-0.39, 0.29) is 24.1 Å². The highest BCUT2D eigenvalue weighted by Crippen LogP contribution is 2.39. The van der Waals surface area contributed by atoms with Gasteiger partial charge in [0.15, 0.2) is 0 Å². The molecular weight excluding hydrogens is 405 g/mol. The first-order valence-corrected chi connectivity index (χ1v) is 11.8. The van der Waals surface area contributed by atoms with Gasteiger partial charge in [0.2, 0.25) is 0 Å². The van der Waals surface area contributed by atoms with Crippen LogP contribution in [-0.4, -0.2) is 28.3 Å². The Labute approximate surface area is 189 Å². The average molecular weight is 438 g/mol. The van der Waals surface area contributed by atoms with E-state index < -0.39 is 12.2 Å². The summed E-state index contributed by atoms with van der Waals surface area (Å²) in [6, 6.07) is 8.68. The molecule has 2 atom stereocenters. The van der Waals surface area contributed by atoms with Gasteiger partial charge in [0.1, 0.15) is 11.9 Å². The molecule has 32 heavy (non-hydrogen) atoms. The van der Waals surface area contributed by atoms with Gasteiger partial charge in [-0.05, 0) is 54.2 Å². The van der Waals surface area contributed by atoms with Crippen molar-refractivity contribution in [3.05, 3.63) is 59.2 Å². The molecule has 170 valence electrons. The van der Waals surface area contributed by atoms with Gasteiger partial charge in [0.05, 0.1) is 18.2 Å². The molecule has 4 rings (SSSR count). The highest BCUT2D eigenvalue weighted by Gasteiger charge is 2.27. The molecule has 1 saturated carbocycles. The fourth-order valence-corrected chi connectivity index (χ4v) is 4.75. The Morgan fingerprint density at radius 1 is 1.16 bits per heavy atom. The number of carbonyl (C=O) groups excluding carboxylic acids is 1. The molecule has 1 aliphatic heterocycles. The molecule has 1 aromatic heterocycles. The van der Waals surface area contributed by atoms with E-state index in [1.807, 2.05) is 12.2 Å². The third kappa shape index (κ3) is 5.26. The van der Waals surface area contributed by atoms with Crippen LogP contribution in [0.1, 0.15) is 87.6 Å². The van der Waals surface area contributed by atoms with Crippen molar-refractivity contribution in [1.29, 1.82) is 0 Å². The number of carbonyl (C=O) groups is 1. The third-order valence-corrected chi connectivity index (χ3v) is 6.51. The lowest BCUT2D eigenvalue weighted by Crippen LogP contribution is -2.31. The summed E-state index contributed by atoms with van der Waals surface area (Å²) < 4.78 is 19.1. The predicted molar refractivity (Wildman–Crippen MR) is 124 cm³/mol. The second-order valence-corrected chi connectivity index (χ2v) is 9.37. The smallest absolute Gasteiger partial charge is 0.309 e. The van der Waals surface area contributed by atoms with E-state index in [1.54, 1.807) is 12.1 Å². The minimum Gasteiger partial charge on any atom is -0.458 e. The van der Waals surface area contributed by atoms with Crippen LogP contribution >= 0.6 is 0 Å². The van der Waals surface area contributed by atoms with Crippen molar-refractivity contribution in [3.63, 3.8) is 0 Å². The number of esters is 1. The number of cyclic esters (lactones) is 1. The van der Waals surface area contributed by atoms with Gasteiger partial charge in [-0.1, -0.05) is 51.3 Å². The van der Waals surface area contributed by atoms with Gasteiger partial charge in [0.25, 0.3) is 0 Å². The molecule has 4 nitrogen and oxygen atoms in total. The quantitative estimate of drug-likeness (QED) is 0.571. The summed E-state index contributed by atoms with van der Waals surface area (Å²) in [5.41, 5.74) is 5.07. The topological polar surface area (TPSA) is 59.4 Å². The van der Waals surface area contributed by atoms with Crippen LogP contribution in [0.4, 0.5) is 4.39 Å². The molecule has 0 unspecified atom stereocenters. The van der Waals surface area contributed by atoms with Crippen molar-refractivity contribution in [3.8, 4) is 11.1 Å². The zero-order valence-corrected chi connectivity index (χ0v) is 18.9. The number of hydrogen-bond donors (Lipinski definition) is 1. The van der Waals surface area contributed by atoms with Crippen LogP contribution < -0.4 is 0 Å². The highest BCUT2D eigenvalue weighted by atomic mass is 19.1. The largest absolute Gasteiger partial charge is 0.458 e. The van der Waals surface area contributed by atoms with Crippen LogP contribution in [0.2, 0.25) is 0 Å². The first kappa shape index (κ1) is 22.7. The molecule has 0 radical (unpaired) electrons. The highest BCUT2D eigenvalue weighted by molar-refractivity contribution is 5.78. The maximum atomic E-state index is 13.6. The molecule has 1 aromatic carbocycles. The number of ether oxygens (including phenoxy) is 1. The second kappa shape index (κ2) is 9.95. The lowest BCUT2D eigenvalue weighted by molar-refractivity contribution is -0.156.